The number of nitrogens with one attached hydrogen (secondary N) is 1. The first-order chi connectivity index (χ1) is 16.0. The first-order valence-electron chi connectivity index (χ1n) is 11.5. The predicted octanol–water partition coefficient (Wildman–Crippen LogP) is 4.91. The number of nitrogens with zero attached hydrogens (tertiary/aromatic N) is 6. The van der Waals surface area contributed by atoms with Gasteiger partial charge in [0.15, 0.2) is 0 Å². The van der Waals surface area contributed by atoms with Crippen LogP contribution in [0.5, 0.6) is 0 Å². The molecule has 7 nitrogen and oxygen atoms in total. The minimum atomic E-state index is 0.389. The summed E-state index contributed by atoms with van der Waals surface area (Å²) >= 11 is 1.63. The fourth-order valence-electron chi connectivity index (χ4n) is 5.00. The lowest BCUT2D eigenvalue weighted by atomic mass is 10.0. The lowest BCUT2D eigenvalue weighted by Crippen LogP contribution is -2.44. The molecule has 0 radical (unpaired) electrons. The third-order valence-corrected chi connectivity index (χ3v) is 7.75. The van der Waals surface area contributed by atoms with Crippen molar-refractivity contribution in [2.75, 3.05) is 30.4 Å². The molecule has 0 aromatic carbocycles. The van der Waals surface area contributed by atoms with E-state index in [2.05, 4.69) is 64.2 Å². The highest BCUT2D eigenvalue weighted by atomic mass is 32.1. The molecule has 2 aliphatic rings. The van der Waals surface area contributed by atoms with Crippen molar-refractivity contribution in [2.45, 2.75) is 38.3 Å². The number of hydrogen-bond donors (Lipinski definition) is 1. The number of pyridine rings is 3. The van der Waals surface area contributed by atoms with Crippen LogP contribution < -0.4 is 10.2 Å². The van der Waals surface area contributed by atoms with Crippen LogP contribution in [0.3, 0.4) is 0 Å². The summed E-state index contributed by atoms with van der Waals surface area (Å²) in [5.74, 6) is 2.98. The van der Waals surface area contributed by atoms with Crippen LogP contribution in [0.2, 0.25) is 0 Å². The maximum absolute atomic E-state index is 4.89. The van der Waals surface area contributed by atoms with E-state index in [9.17, 15) is 0 Å². The standard InChI is InChI=1S/C25H27N7S/c1-15(2)18-6-5-9-26-24(18)25-28-19-11-22(27-12-20(19)33-25)29-21-7-4-8-23(30-21)32-14-16-10-17(32)13-31(16)3/h4-9,11-12,15-17H,10,13-14H2,1-3H3,(H,27,29,30)/t16-,17-/m0/s1. The minimum absolute atomic E-state index is 0.389. The Morgan fingerprint density at radius 1 is 1.03 bits per heavy atom. The number of hydrogen-bond acceptors (Lipinski definition) is 8. The van der Waals surface area contributed by atoms with E-state index in [4.69, 9.17) is 9.97 Å². The molecule has 2 aliphatic heterocycles. The molecule has 33 heavy (non-hydrogen) atoms. The van der Waals surface area contributed by atoms with Crippen LogP contribution in [-0.2, 0) is 0 Å². The molecule has 0 spiro atoms. The molecule has 0 unspecified atom stereocenters. The number of piperazine rings is 1. The highest BCUT2D eigenvalue weighted by Crippen LogP contribution is 2.35. The topological polar surface area (TPSA) is 70.1 Å². The van der Waals surface area contributed by atoms with Gasteiger partial charge in [-0.15, -0.1) is 11.3 Å². The zero-order chi connectivity index (χ0) is 22.5. The molecule has 4 aromatic rings. The Bertz CT molecular complexity index is 1320. The molecule has 6 rings (SSSR count). The van der Waals surface area contributed by atoms with E-state index >= 15 is 0 Å². The molecular formula is C25H27N7S. The van der Waals surface area contributed by atoms with Crippen molar-refractivity contribution < 1.29 is 0 Å². The van der Waals surface area contributed by atoms with Crippen molar-refractivity contribution in [2.24, 2.45) is 0 Å². The molecule has 2 saturated heterocycles. The summed E-state index contributed by atoms with van der Waals surface area (Å²) in [6, 6.07) is 13.5. The molecule has 0 aliphatic carbocycles. The summed E-state index contributed by atoms with van der Waals surface area (Å²) in [5.41, 5.74) is 3.10. The van der Waals surface area contributed by atoms with Crippen LogP contribution in [0.1, 0.15) is 31.7 Å². The molecule has 8 heteroatoms. The minimum Gasteiger partial charge on any atom is -0.351 e. The number of aromatic nitrogens is 4. The predicted molar refractivity (Wildman–Crippen MR) is 134 cm³/mol. The summed E-state index contributed by atoms with van der Waals surface area (Å²) in [6.07, 6.45) is 4.95. The van der Waals surface area contributed by atoms with E-state index in [1.54, 1.807) is 11.3 Å². The molecule has 0 amide bonds. The summed E-state index contributed by atoms with van der Waals surface area (Å²) in [5, 5.41) is 4.31. The van der Waals surface area contributed by atoms with Crippen molar-refractivity contribution in [3.63, 3.8) is 0 Å². The number of likely N-dealkylation sites (N-methyl/N-ethyl adjacent to an activating group) is 1. The second kappa shape index (κ2) is 8.04. The van der Waals surface area contributed by atoms with E-state index in [0.29, 0.717) is 18.0 Å². The average Bonchev–Trinajstić information content (AvgIpc) is 3.52. The van der Waals surface area contributed by atoms with E-state index in [1.807, 2.05) is 30.6 Å². The van der Waals surface area contributed by atoms with Crippen molar-refractivity contribution in [3.05, 3.63) is 54.4 Å². The third kappa shape index (κ3) is 3.73. The smallest absolute Gasteiger partial charge is 0.143 e. The highest BCUT2D eigenvalue weighted by molar-refractivity contribution is 7.21. The van der Waals surface area contributed by atoms with Crippen LogP contribution in [0.4, 0.5) is 17.5 Å². The SMILES string of the molecule is CC(C)c1cccnc1-c1nc2cc(Nc3cccc(N4C[C@@H]5C[C@H]4CN5C)n3)ncc2s1. The van der Waals surface area contributed by atoms with Gasteiger partial charge in [-0.3, -0.25) is 9.88 Å². The quantitative estimate of drug-likeness (QED) is 0.457. The molecule has 6 heterocycles. The van der Waals surface area contributed by atoms with E-state index in [-0.39, 0.29) is 0 Å². The molecule has 4 aromatic heterocycles. The number of fused-ring (bicyclic) bond motifs is 3. The van der Waals surface area contributed by atoms with Crippen molar-refractivity contribution in [1.29, 1.82) is 0 Å². The molecule has 1 N–H and O–H groups in total. The van der Waals surface area contributed by atoms with Gasteiger partial charge in [0.25, 0.3) is 0 Å². The fourth-order valence-corrected chi connectivity index (χ4v) is 5.93. The van der Waals surface area contributed by atoms with Crippen LogP contribution in [0.15, 0.2) is 48.8 Å². The van der Waals surface area contributed by atoms with Gasteiger partial charge in [-0.2, -0.15) is 0 Å². The Kier molecular flexibility index (Phi) is 4.99. The van der Waals surface area contributed by atoms with E-state index in [1.165, 1.54) is 12.0 Å². The largest absolute Gasteiger partial charge is 0.351 e. The zero-order valence-electron chi connectivity index (χ0n) is 19.1. The van der Waals surface area contributed by atoms with Crippen LogP contribution in [0.25, 0.3) is 20.9 Å². The molecule has 168 valence electrons. The summed E-state index contributed by atoms with van der Waals surface area (Å²) in [7, 11) is 2.22. The second-order valence-corrected chi connectivity index (χ2v) is 10.3. The first kappa shape index (κ1) is 20.5. The van der Waals surface area contributed by atoms with Crippen molar-refractivity contribution >= 4 is 39.0 Å². The number of anilines is 3. The number of thiazole rings is 1. The van der Waals surface area contributed by atoms with Crippen LogP contribution >= 0.6 is 11.3 Å². The van der Waals surface area contributed by atoms with Gasteiger partial charge in [0.1, 0.15) is 28.2 Å². The van der Waals surface area contributed by atoms with Gasteiger partial charge >= 0.3 is 0 Å². The van der Waals surface area contributed by atoms with Crippen molar-refractivity contribution in [3.8, 4) is 10.7 Å². The lowest BCUT2D eigenvalue weighted by molar-refractivity contribution is 0.292. The Morgan fingerprint density at radius 2 is 1.94 bits per heavy atom. The summed E-state index contributed by atoms with van der Waals surface area (Å²) < 4.78 is 1.05. The van der Waals surface area contributed by atoms with Gasteiger partial charge in [0.05, 0.1) is 10.2 Å². The molecule has 2 atom stereocenters. The van der Waals surface area contributed by atoms with Gasteiger partial charge in [-0.05, 0) is 43.1 Å². The molecule has 2 bridgehead atoms. The fraction of sp³-hybridized carbons (Fsp3) is 0.360. The molecule has 0 saturated carbocycles. The molecular weight excluding hydrogens is 430 g/mol. The van der Waals surface area contributed by atoms with Gasteiger partial charge in [-0.25, -0.2) is 15.0 Å². The first-order valence-corrected chi connectivity index (χ1v) is 12.3. The zero-order valence-corrected chi connectivity index (χ0v) is 19.9. The van der Waals surface area contributed by atoms with E-state index in [0.717, 1.165) is 51.5 Å². The van der Waals surface area contributed by atoms with Gasteiger partial charge in [-0.1, -0.05) is 26.0 Å². The third-order valence-electron chi connectivity index (χ3n) is 6.74. The Hall–Kier alpha value is -3.10. The maximum Gasteiger partial charge on any atom is 0.143 e. The monoisotopic (exact) mass is 457 g/mol. The Morgan fingerprint density at radius 3 is 2.73 bits per heavy atom. The number of likely N-dealkylation sites (tertiary alicyclic amines) is 1. The van der Waals surface area contributed by atoms with Gasteiger partial charge in [0, 0.05) is 43.6 Å². The highest BCUT2D eigenvalue weighted by Gasteiger charge is 2.41. The van der Waals surface area contributed by atoms with Gasteiger partial charge in [0.2, 0.25) is 0 Å². The molecule has 2 fully saturated rings. The maximum atomic E-state index is 4.89. The lowest BCUT2D eigenvalue weighted by Gasteiger charge is -2.32. The Labute approximate surface area is 197 Å². The normalized spacial score (nSPS) is 20.3. The Balaban J connectivity index is 1.26. The van der Waals surface area contributed by atoms with Crippen LogP contribution in [-0.4, -0.2) is 57.1 Å². The summed E-state index contributed by atoms with van der Waals surface area (Å²) in [4.78, 5) is 23.9. The number of rotatable bonds is 5. The second-order valence-electron chi connectivity index (χ2n) is 9.29. The van der Waals surface area contributed by atoms with Crippen LogP contribution in [0, 0.1) is 0 Å². The van der Waals surface area contributed by atoms with Gasteiger partial charge < -0.3 is 10.2 Å². The van der Waals surface area contributed by atoms with Crippen molar-refractivity contribution in [1.82, 2.24) is 24.8 Å². The van der Waals surface area contributed by atoms with E-state index < -0.39 is 0 Å². The summed E-state index contributed by atoms with van der Waals surface area (Å²) in [6.45, 7) is 6.53. The average molecular weight is 458 g/mol.